The second-order valence-electron chi connectivity index (χ2n) is 3.92. The van der Waals surface area contributed by atoms with E-state index in [1.54, 1.807) is 0 Å². The van der Waals surface area contributed by atoms with E-state index in [1.165, 1.54) is 24.3 Å². The van der Waals surface area contributed by atoms with Gasteiger partial charge in [-0.1, -0.05) is 12.1 Å². The summed E-state index contributed by atoms with van der Waals surface area (Å²) in [5, 5.41) is 40.3. The fraction of sp³-hybridized carbons (Fsp3) is 0. The number of rotatable bonds is 3. The second kappa shape index (κ2) is 4.84. The van der Waals surface area contributed by atoms with E-state index in [0.717, 1.165) is 12.1 Å². The molecule has 2 aromatic carbocycles. The summed E-state index contributed by atoms with van der Waals surface area (Å²) in [6, 6.07) is 7.67. The van der Waals surface area contributed by atoms with E-state index in [9.17, 15) is 30.4 Å². The van der Waals surface area contributed by atoms with Crippen LogP contribution < -0.4 is 0 Å². The van der Waals surface area contributed by atoms with Crippen LogP contribution in [0.5, 0.6) is 11.5 Å². The molecule has 8 heteroatoms. The molecule has 0 fully saturated rings. The highest BCUT2D eigenvalue weighted by atomic mass is 16.6. The van der Waals surface area contributed by atoms with E-state index in [1.807, 2.05) is 0 Å². The van der Waals surface area contributed by atoms with E-state index in [0.29, 0.717) is 5.56 Å². The van der Waals surface area contributed by atoms with Crippen molar-refractivity contribution >= 4 is 11.4 Å². The van der Waals surface area contributed by atoms with Crippen LogP contribution in [0.1, 0.15) is 0 Å². The normalized spacial score (nSPS) is 10.2. The molecule has 20 heavy (non-hydrogen) atoms. The van der Waals surface area contributed by atoms with Crippen molar-refractivity contribution in [3.8, 4) is 22.6 Å². The number of hydrogen-bond acceptors (Lipinski definition) is 6. The predicted octanol–water partition coefficient (Wildman–Crippen LogP) is 2.58. The molecule has 0 aromatic heterocycles. The van der Waals surface area contributed by atoms with Gasteiger partial charge in [0.2, 0.25) is 0 Å². The quantitative estimate of drug-likeness (QED) is 0.655. The van der Waals surface area contributed by atoms with Gasteiger partial charge in [-0.15, -0.1) is 0 Å². The van der Waals surface area contributed by atoms with Crippen molar-refractivity contribution < 1.29 is 20.1 Å². The topological polar surface area (TPSA) is 127 Å². The Morgan fingerprint density at radius 2 is 1.25 bits per heavy atom. The molecule has 2 N–H and O–H groups in total. The van der Waals surface area contributed by atoms with Crippen molar-refractivity contribution in [2.45, 2.75) is 0 Å². The van der Waals surface area contributed by atoms with Crippen molar-refractivity contribution in [2.75, 3.05) is 0 Å². The third-order valence-electron chi connectivity index (χ3n) is 2.66. The summed E-state index contributed by atoms with van der Waals surface area (Å²) >= 11 is 0. The molecule has 8 nitrogen and oxygen atoms in total. The van der Waals surface area contributed by atoms with Crippen molar-refractivity contribution in [3.63, 3.8) is 0 Å². The highest BCUT2D eigenvalue weighted by Gasteiger charge is 2.26. The standard InChI is InChI=1S/C12H8N2O6/c15-9-3-1-7(2-4-9)8-5-10(13(17)18)12(16)11(6-8)14(19)20/h1-6,15-16H. The Labute approximate surface area is 111 Å². The predicted molar refractivity (Wildman–Crippen MR) is 68.5 cm³/mol. The summed E-state index contributed by atoms with van der Waals surface area (Å²) in [6.45, 7) is 0. The highest BCUT2D eigenvalue weighted by molar-refractivity contribution is 5.74. The van der Waals surface area contributed by atoms with Crippen LogP contribution in [-0.4, -0.2) is 20.1 Å². The molecule has 2 aromatic rings. The van der Waals surface area contributed by atoms with Gasteiger partial charge < -0.3 is 10.2 Å². The van der Waals surface area contributed by atoms with Crippen LogP contribution >= 0.6 is 0 Å². The molecular formula is C12H8N2O6. The Morgan fingerprint density at radius 1 is 0.800 bits per heavy atom. The zero-order valence-electron chi connectivity index (χ0n) is 9.89. The van der Waals surface area contributed by atoms with Gasteiger partial charge in [0.1, 0.15) is 5.75 Å². The van der Waals surface area contributed by atoms with Gasteiger partial charge in [-0.2, -0.15) is 0 Å². The van der Waals surface area contributed by atoms with Crippen molar-refractivity contribution in [1.29, 1.82) is 0 Å². The molecule has 0 atom stereocenters. The van der Waals surface area contributed by atoms with Gasteiger partial charge in [-0.05, 0) is 23.3 Å². The summed E-state index contributed by atoms with van der Waals surface area (Å²) in [5.74, 6) is -0.987. The lowest BCUT2D eigenvalue weighted by molar-refractivity contribution is -0.396. The monoisotopic (exact) mass is 276 g/mol. The van der Waals surface area contributed by atoms with Crippen molar-refractivity contribution in [1.82, 2.24) is 0 Å². The molecule has 0 spiro atoms. The Balaban J connectivity index is 2.68. The molecule has 0 saturated carbocycles. The van der Waals surface area contributed by atoms with Crippen LogP contribution in [0.4, 0.5) is 11.4 Å². The fourth-order valence-electron chi connectivity index (χ4n) is 1.70. The maximum Gasteiger partial charge on any atom is 0.318 e. The lowest BCUT2D eigenvalue weighted by Gasteiger charge is -2.04. The van der Waals surface area contributed by atoms with Crippen LogP contribution in [0.3, 0.4) is 0 Å². The van der Waals surface area contributed by atoms with Gasteiger partial charge in [0.25, 0.3) is 5.75 Å². The van der Waals surface area contributed by atoms with E-state index in [-0.39, 0.29) is 11.3 Å². The Kier molecular flexibility index (Phi) is 3.21. The Hall–Kier alpha value is -3.16. The SMILES string of the molecule is O=[N+]([O-])c1cc(-c2ccc(O)cc2)cc([N+](=O)[O-])c1O. The van der Waals surface area contributed by atoms with Gasteiger partial charge in [-0.25, -0.2) is 0 Å². The molecule has 0 aliphatic rings. The van der Waals surface area contributed by atoms with Gasteiger partial charge in [0.05, 0.1) is 9.85 Å². The Bertz CT molecular complexity index is 661. The van der Waals surface area contributed by atoms with Crippen molar-refractivity contribution in [2.24, 2.45) is 0 Å². The van der Waals surface area contributed by atoms with E-state index in [2.05, 4.69) is 0 Å². The van der Waals surface area contributed by atoms with E-state index in [4.69, 9.17) is 0 Å². The number of phenolic OH excluding ortho intramolecular Hbond substituents is 2. The zero-order chi connectivity index (χ0) is 14.9. The summed E-state index contributed by atoms with van der Waals surface area (Å²) in [7, 11) is 0. The molecule has 0 aliphatic heterocycles. The number of hydrogen-bond donors (Lipinski definition) is 2. The molecule has 0 bridgehead atoms. The molecule has 0 heterocycles. The van der Waals surface area contributed by atoms with Crippen LogP contribution in [0.2, 0.25) is 0 Å². The summed E-state index contributed by atoms with van der Waals surface area (Å²) in [4.78, 5) is 19.8. The molecule has 2 rings (SSSR count). The third kappa shape index (κ3) is 2.34. The lowest BCUT2D eigenvalue weighted by atomic mass is 10.0. The van der Waals surface area contributed by atoms with Crippen LogP contribution in [0, 0.1) is 20.2 Å². The largest absolute Gasteiger partial charge is 0.508 e. The molecule has 0 unspecified atom stereocenters. The fourth-order valence-corrected chi connectivity index (χ4v) is 1.70. The van der Waals surface area contributed by atoms with Crippen LogP contribution in [0.15, 0.2) is 36.4 Å². The molecule has 0 radical (unpaired) electrons. The first-order valence-corrected chi connectivity index (χ1v) is 5.35. The smallest absolute Gasteiger partial charge is 0.318 e. The van der Waals surface area contributed by atoms with Crippen LogP contribution in [0.25, 0.3) is 11.1 Å². The number of phenols is 2. The first kappa shape index (κ1) is 13.3. The minimum absolute atomic E-state index is 0.00322. The second-order valence-corrected chi connectivity index (χ2v) is 3.92. The summed E-state index contributed by atoms with van der Waals surface area (Å²) in [6.07, 6.45) is 0. The molecular weight excluding hydrogens is 268 g/mol. The zero-order valence-corrected chi connectivity index (χ0v) is 9.89. The molecule has 0 amide bonds. The van der Waals surface area contributed by atoms with Crippen molar-refractivity contribution in [3.05, 3.63) is 56.6 Å². The highest BCUT2D eigenvalue weighted by Crippen LogP contribution is 2.39. The van der Waals surface area contributed by atoms with E-state index >= 15 is 0 Å². The minimum atomic E-state index is -0.984. The van der Waals surface area contributed by atoms with E-state index < -0.39 is 27.0 Å². The molecule has 0 saturated heterocycles. The maximum atomic E-state index is 10.8. The molecule has 102 valence electrons. The number of nitro benzene ring substituents is 2. The number of aromatic hydroxyl groups is 2. The van der Waals surface area contributed by atoms with Crippen LogP contribution in [-0.2, 0) is 0 Å². The average molecular weight is 276 g/mol. The van der Waals surface area contributed by atoms with Gasteiger partial charge in [0, 0.05) is 12.1 Å². The van der Waals surface area contributed by atoms with Gasteiger partial charge in [0.15, 0.2) is 0 Å². The lowest BCUT2D eigenvalue weighted by Crippen LogP contribution is -1.95. The number of nitro groups is 2. The Morgan fingerprint density at radius 3 is 1.65 bits per heavy atom. The number of nitrogens with zero attached hydrogens (tertiary/aromatic N) is 2. The summed E-state index contributed by atoms with van der Waals surface area (Å²) < 4.78 is 0. The number of benzene rings is 2. The first-order chi connectivity index (χ1) is 9.40. The maximum absolute atomic E-state index is 10.8. The minimum Gasteiger partial charge on any atom is -0.508 e. The molecule has 0 aliphatic carbocycles. The third-order valence-corrected chi connectivity index (χ3v) is 2.66. The summed E-state index contributed by atoms with van der Waals surface area (Å²) in [5.41, 5.74) is -0.861. The van der Waals surface area contributed by atoms with Gasteiger partial charge >= 0.3 is 11.4 Å². The van der Waals surface area contributed by atoms with Gasteiger partial charge in [-0.3, -0.25) is 20.2 Å². The first-order valence-electron chi connectivity index (χ1n) is 5.35. The average Bonchev–Trinajstić information content (AvgIpc) is 2.39.